The van der Waals surface area contributed by atoms with Gasteiger partial charge in [0.15, 0.2) is 0 Å². The maximum absolute atomic E-state index is 11.8. The van der Waals surface area contributed by atoms with Gasteiger partial charge in [-0.2, -0.15) is 5.10 Å². The van der Waals surface area contributed by atoms with Crippen molar-refractivity contribution in [3.8, 4) is 0 Å². The van der Waals surface area contributed by atoms with Crippen LogP contribution in [0.4, 0.5) is 0 Å². The van der Waals surface area contributed by atoms with Crippen LogP contribution in [-0.4, -0.2) is 34.1 Å². The Bertz CT molecular complexity index is 337. The topological polar surface area (TPSA) is 49.0 Å². The molecule has 0 bridgehead atoms. The van der Waals surface area contributed by atoms with E-state index in [1.54, 1.807) is 6.20 Å². The number of amides is 1. The van der Waals surface area contributed by atoms with Crippen molar-refractivity contribution in [1.82, 2.24) is 15.1 Å². The summed E-state index contributed by atoms with van der Waals surface area (Å²) >= 11 is 0. The molecule has 88 valence electrons. The Hall–Kier alpha value is -1.32. The number of H-pyrrole nitrogens is 1. The van der Waals surface area contributed by atoms with Gasteiger partial charge in [-0.25, -0.2) is 0 Å². The van der Waals surface area contributed by atoms with Crippen LogP contribution in [0.2, 0.25) is 0 Å². The smallest absolute Gasteiger partial charge is 0.225 e. The largest absolute Gasteiger partial charge is 0.342 e. The van der Waals surface area contributed by atoms with E-state index < -0.39 is 0 Å². The molecule has 1 aliphatic rings. The molecule has 0 aromatic carbocycles. The molecule has 0 radical (unpaired) electrons. The predicted molar refractivity (Wildman–Crippen MR) is 62.0 cm³/mol. The van der Waals surface area contributed by atoms with Crippen molar-refractivity contribution in [2.75, 3.05) is 13.1 Å². The van der Waals surface area contributed by atoms with Crippen LogP contribution in [0.3, 0.4) is 0 Å². The standard InChI is InChI=1S/C12H19N3O/c1-9(2)12(16)15-7-4-10(5-8-15)11-3-6-13-14-11/h3,6,9-10H,4-5,7-8H2,1-2H3,(H,13,14). The van der Waals surface area contributed by atoms with E-state index in [0.29, 0.717) is 5.92 Å². The molecule has 1 amide bonds. The van der Waals surface area contributed by atoms with Crippen molar-refractivity contribution < 1.29 is 4.79 Å². The summed E-state index contributed by atoms with van der Waals surface area (Å²) in [5.74, 6) is 0.936. The zero-order valence-corrected chi connectivity index (χ0v) is 9.94. The summed E-state index contributed by atoms with van der Waals surface area (Å²) in [4.78, 5) is 13.8. The highest BCUT2D eigenvalue weighted by molar-refractivity contribution is 5.78. The summed E-state index contributed by atoms with van der Waals surface area (Å²) in [6, 6.07) is 2.03. The molecule has 1 saturated heterocycles. The predicted octanol–water partition coefficient (Wildman–Crippen LogP) is 1.77. The van der Waals surface area contributed by atoms with Crippen LogP contribution in [0.15, 0.2) is 12.3 Å². The van der Waals surface area contributed by atoms with Crippen molar-refractivity contribution in [3.05, 3.63) is 18.0 Å². The molecule has 0 spiro atoms. The molecule has 2 rings (SSSR count). The van der Waals surface area contributed by atoms with Gasteiger partial charge in [0.05, 0.1) is 0 Å². The van der Waals surface area contributed by atoms with Gasteiger partial charge >= 0.3 is 0 Å². The number of hydrogen-bond donors (Lipinski definition) is 1. The van der Waals surface area contributed by atoms with E-state index in [2.05, 4.69) is 10.2 Å². The fraction of sp³-hybridized carbons (Fsp3) is 0.667. The molecular formula is C12H19N3O. The van der Waals surface area contributed by atoms with Crippen LogP contribution < -0.4 is 0 Å². The first-order valence-electron chi connectivity index (χ1n) is 5.96. The van der Waals surface area contributed by atoms with Crippen molar-refractivity contribution in [2.45, 2.75) is 32.6 Å². The van der Waals surface area contributed by atoms with Crippen LogP contribution in [0, 0.1) is 5.92 Å². The number of piperidine rings is 1. The third-order valence-corrected chi connectivity index (χ3v) is 3.26. The van der Waals surface area contributed by atoms with Crippen LogP contribution in [-0.2, 0) is 4.79 Å². The average molecular weight is 221 g/mol. The molecule has 1 N–H and O–H groups in total. The molecule has 0 aliphatic carbocycles. The third kappa shape index (κ3) is 2.26. The van der Waals surface area contributed by atoms with Crippen molar-refractivity contribution in [2.24, 2.45) is 5.92 Å². The molecular weight excluding hydrogens is 202 g/mol. The summed E-state index contributed by atoms with van der Waals surface area (Å²) in [6.07, 6.45) is 3.88. The first kappa shape index (κ1) is 11.2. The number of aromatic nitrogens is 2. The first-order chi connectivity index (χ1) is 7.68. The van der Waals surface area contributed by atoms with Gasteiger partial charge in [-0.3, -0.25) is 9.89 Å². The van der Waals surface area contributed by atoms with Gasteiger partial charge in [-0.1, -0.05) is 13.8 Å². The van der Waals surface area contributed by atoms with Gasteiger partial charge in [-0.15, -0.1) is 0 Å². The van der Waals surface area contributed by atoms with Gasteiger partial charge in [-0.05, 0) is 18.9 Å². The molecule has 2 heterocycles. The zero-order valence-electron chi connectivity index (χ0n) is 9.94. The normalized spacial score (nSPS) is 18.1. The summed E-state index contributed by atoms with van der Waals surface area (Å²) in [6.45, 7) is 5.67. The highest BCUT2D eigenvalue weighted by atomic mass is 16.2. The lowest BCUT2D eigenvalue weighted by Crippen LogP contribution is -2.40. The van der Waals surface area contributed by atoms with Crippen molar-refractivity contribution in [1.29, 1.82) is 0 Å². The van der Waals surface area contributed by atoms with E-state index in [9.17, 15) is 4.79 Å². The van der Waals surface area contributed by atoms with Crippen LogP contribution >= 0.6 is 0 Å². The van der Waals surface area contributed by atoms with Crippen molar-refractivity contribution >= 4 is 5.91 Å². The molecule has 4 nitrogen and oxygen atoms in total. The number of nitrogens with one attached hydrogen (secondary N) is 1. The summed E-state index contributed by atoms with van der Waals surface area (Å²) in [5, 5.41) is 6.99. The van der Waals surface area contributed by atoms with Gasteiger partial charge < -0.3 is 4.90 Å². The number of rotatable bonds is 2. The fourth-order valence-electron chi connectivity index (χ4n) is 2.27. The number of hydrogen-bond acceptors (Lipinski definition) is 2. The number of carbonyl (C=O) groups excluding carboxylic acids is 1. The number of carbonyl (C=O) groups is 1. The van der Waals surface area contributed by atoms with Crippen LogP contribution in [0.5, 0.6) is 0 Å². The van der Waals surface area contributed by atoms with Gasteiger partial charge in [0.2, 0.25) is 5.91 Å². The average Bonchev–Trinajstić information content (AvgIpc) is 2.81. The maximum atomic E-state index is 11.8. The van der Waals surface area contributed by atoms with Gasteiger partial charge in [0, 0.05) is 36.8 Å². The minimum Gasteiger partial charge on any atom is -0.342 e. The van der Waals surface area contributed by atoms with E-state index in [4.69, 9.17) is 0 Å². The number of likely N-dealkylation sites (tertiary alicyclic amines) is 1. The summed E-state index contributed by atoms with van der Waals surface area (Å²) in [7, 11) is 0. The molecule has 16 heavy (non-hydrogen) atoms. The lowest BCUT2D eigenvalue weighted by molar-refractivity contribution is -0.135. The third-order valence-electron chi connectivity index (χ3n) is 3.26. The molecule has 0 unspecified atom stereocenters. The molecule has 0 atom stereocenters. The quantitative estimate of drug-likeness (QED) is 0.827. The number of aromatic amines is 1. The number of nitrogens with zero attached hydrogens (tertiary/aromatic N) is 2. The summed E-state index contributed by atoms with van der Waals surface area (Å²) in [5.41, 5.74) is 1.21. The first-order valence-corrected chi connectivity index (χ1v) is 5.96. The SMILES string of the molecule is CC(C)C(=O)N1CCC(c2ccn[nH]2)CC1. The lowest BCUT2D eigenvalue weighted by atomic mass is 9.93. The second kappa shape index (κ2) is 4.68. The molecule has 0 saturated carbocycles. The molecule has 1 fully saturated rings. The summed E-state index contributed by atoms with van der Waals surface area (Å²) < 4.78 is 0. The Morgan fingerprint density at radius 3 is 2.69 bits per heavy atom. The minimum atomic E-state index is 0.115. The zero-order chi connectivity index (χ0) is 11.5. The van der Waals surface area contributed by atoms with Gasteiger partial charge in [0.1, 0.15) is 0 Å². The Balaban J connectivity index is 1.90. The monoisotopic (exact) mass is 221 g/mol. The molecule has 1 aromatic rings. The Morgan fingerprint density at radius 2 is 2.19 bits per heavy atom. The minimum absolute atomic E-state index is 0.115. The second-order valence-electron chi connectivity index (χ2n) is 4.77. The maximum Gasteiger partial charge on any atom is 0.225 e. The van der Waals surface area contributed by atoms with Gasteiger partial charge in [0.25, 0.3) is 0 Å². The van der Waals surface area contributed by atoms with Crippen LogP contribution in [0.25, 0.3) is 0 Å². The van der Waals surface area contributed by atoms with E-state index in [0.717, 1.165) is 25.9 Å². The highest BCUT2D eigenvalue weighted by Gasteiger charge is 2.25. The Kier molecular flexibility index (Phi) is 3.27. The van der Waals surface area contributed by atoms with Crippen LogP contribution in [0.1, 0.15) is 38.3 Å². The van der Waals surface area contributed by atoms with E-state index >= 15 is 0 Å². The van der Waals surface area contributed by atoms with E-state index in [-0.39, 0.29) is 11.8 Å². The highest BCUT2D eigenvalue weighted by Crippen LogP contribution is 2.26. The Labute approximate surface area is 96.0 Å². The van der Waals surface area contributed by atoms with Crippen molar-refractivity contribution in [3.63, 3.8) is 0 Å². The lowest BCUT2D eigenvalue weighted by Gasteiger charge is -2.32. The molecule has 1 aromatic heterocycles. The Morgan fingerprint density at radius 1 is 1.50 bits per heavy atom. The second-order valence-corrected chi connectivity index (χ2v) is 4.77. The molecule has 1 aliphatic heterocycles. The fourth-order valence-corrected chi connectivity index (χ4v) is 2.27. The molecule has 4 heteroatoms. The van der Waals surface area contributed by atoms with E-state index in [1.165, 1.54) is 5.69 Å². The van der Waals surface area contributed by atoms with E-state index in [1.807, 2.05) is 24.8 Å².